The van der Waals surface area contributed by atoms with Gasteiger partial charge in [-0.25, -0.2) is 16.8 Å². The summed E-state index contributed by atoms with van der Waals surface area (Å²) < 4.78 is 46.0. The van der Waals surface area contributed by atoms with Gasteiger partial charge in [-0.15, -0.1) is 0 Å². The predicted molar refractivity (Wildman–Crippen MR) is 161 cm³/mol. The van der Waals surface area contributed by atoms with Crippen molar-refractivity contribution in [2.75, 3.05) is 51.8 Å². The SMILES string of the molecule is CS(=O)(=O)c1ccc(CNCCCNCCCCCCCNCCCNCc2ccc(S(C)(=O)=O)cc2)cc1. The van der Waals surface area contributed by atoms with E-state index in [1.54, 1.807) is 24.3 Å². The Hall–Kier alpha value is -1.82. The second-order valence-electron chi connectivity index (χ2n) is 10.2. The van der Waals surface area contributed by atoms with Gasteiger partial charge in [0.2, 0.25) is 0 Å². The summed E-state index contributed by atoms with van der Waals surface area (Å²) in [6, 6.07) is 14.1. The molecule has 2 rings (SSSR count). The summed E-state index contributed by atoms with van der Waals surface area (Å²) >= 11 is 0. The van der Waals surface area contributed by atoms with E-state index >= 15 is 0 Å². The molecular weight excluding hydrogens is 532 g/mol. The number of benzene rings is 2. The molecule has 0 amide bonds. The van der Waals surface area contributed by atoms with Gasteiger partial charge in [0.15, 0.2) is 19.7 Å². The molecule has 10 heteroatoms. The monoisotopic (exact) mass is 580 g/mol. The van der Waals surface area contributed by atoms with Crippen molar-refractivity contribution in [2.45, 2.75) is 67.8 Å². The molecule has 0 spiro atoms. The molecule has 39 heavy (non-hydrogen) atoms. The molecule has 0 aliphatic carbocycles. The zero-order valence-electron chi connectivity index (χ0n) is 23.7. The van der Waals surface area contributed by atoms with E-state index in [1.165, 1.54) is 44.6 Å². The highest BCUT2D eigenvalue weighted by atomic mass is 32.2. The Balaban J connectivity index is 1.30. The maximum absolute atomic E-state index is 11.5. The van der Waals surface area contributed by atoms with Crippen LogP contribution in [0.5, 0.6) is 0 Å². The largest absolute Gasteiger partial charge is 0.317 e. The summed E-state index contributed by atoms with van der Waals surface area (Å²) in [4.78, 5) is 0.728. The topological polar surface area (TPSA) is 116 Å². The van der Waals surface area contributed by atoms with Crippen LogP contribution in [0.2, 0.25) is 0 Å². The molecule has 0 bridgehead atoms. The van der Waals surface area contributed by atoms with Crippen LogP contribution >= 0.6 is 0 Å². The molecule has 0 aliphatic heterocycles. The quantitative estimate of drug-likeness (QED) is 0.157. The van der Waals surface area contributed by atoms with Gasteiger partial charge in [0.1, 0.15) is 0 Å². The molecule has 8 nitrogen and oxygen atoms in total. The Morgan fingerprint density at radius 3 is 1.10 bits per heavy atom. The van der Waals surface area contributed by atoms with Crippen molar-refractivity contribution in [1.29, 1.82) is 0 Å². The van der Waals surface area contributed by atoms with Crippen molar-refractivity contribution in [3.63, 3.8) is 0 Å². The molecule has 4 N–H and O–H groups in total. The van der Waals surface area contributed by atoms with Gasteiger partial charge < -0.3 is 21.3 Å². The van der Waals surface area contributed by atoms with E-state index in [0.717, 1.165) is 76.3 Å². The molecule has 0 radical (unpaired) electrons. The molecule has 0 unspecified atom stereocenters. The van der Waals surface area contributed by atoms with E-state index in [0.29, 0.717) is 9.79 Å². The predicted octanol–water partition coefficient (Wildman–Crippen LogP) is 3.28. The van der Waals surface area contributed by atoms with Crippen LogP contribution in [0.15, 0.2) is 58.3 Å². The van der Waals surface area contributed by atoms with Crippen LogP contribution in [0.1, 0.15) is 56.1 Å². The molecule has 0 fully saturated rings. The minimum Gasteiger partial charge on any atom is -0.317 e. The van der Waals surface area contributed by atoms with Gasteiger partial charge in [0, 0.05) is 25.6 Å². The number of rotatable bonds is 22. The third kappa shape index (κ3) is 15.5. The van der Waals surface area contributed by atoms with Gasteiger partial charge in [-0.3, -0.25) is 0 Å². The number of hydrogen-bond acceptors (Lipinski definition) is 8. The Morgan fingerprint density at radius 1 is 0.436 bits per heavy atom. The zero-order valence-corrected chi connectivity index (χ0v) is 25.3. The average Bonchev–Trinajstić information content (AvgIpc) is 2.89. The smallest absolute Gasteiger partial charge is 0.175 e. The highest BCUT2D eigenvalue weighted by Crippen LogP contribution is 2.11. The lowest BCUT2D eigenvalue weighted by Gasteiger charge is -2.08. The summed E-state index contributed by atoms with van der Waals surface area (Å²) in [6.45, 7) is 7.53. The zero-order chi connectivity index (χ0) is 28.4. The van der Waals surface area contributed by atoms with Crippen LogP contribution in [0.25, 0.3) is 0 Å². The second kappa shape index (κ2) is 18.5. The van der Waals surface area contributed by atoms with Gasteiger partial charge in [0.25, 0.3) is 0 Å². The second-order valence-corrected chi connectivity index (χ2v) is 14.2. The van der Waals surface area contributed by atoms with Crippen molar-refractivity contribution in [1.82, 2.24) is 21.3 Å². The minimum absolute atomic E-state index is 0.364. The first-order valence-electron chi connectivity index (χ1n) is 14.1. The average molecular weight is 581 g/mol. The third-order valence-electron chi connectivity index (χ3n) is 6.48. The lowest BCUT2D eigenvalue weighted by atomic mass is 10.1. The Labute approximate surface area is 236 Å². The molecule has 0 aliphatic rings. The van der Waals surface area contributed by atoms with E-state index in [1.807, 2.05) is 24.3 Å². The summed E-state index contributed by atoms with van der Waals surface area (Å²) in [5, 5.41) is 13.8. The fourth-order valence-electron chi connectivity index (χ4n) is 4.13. The van der Waals surface area contributed by atoms with Crippen molar-refractivity contribution in [3.05, 3.63) is 59.7 Å². The Kier molecular flexibility index (Phi) is 15.8. The molecule has 0 heterocycles. The number of hydrogen-bond donors (Lipinski definition) is 4. The molecule has 220 valence electrons. The van der Waals surface area contributed by atoms with E-state index in [4.69, 9.17) is 0 Å². The van der Waals surface area contributed by atoms with Gasteiger partial charge >= 0.3 is 0 Å². The number of unbranched alkanes of at least 4 members (excludes halogenated alkanes) is 4. The van der Waals surface area contributed by atoms with Gasteiger partial charge in [-0.1, -0.05) is 43.5 Å². The lowest BCUT2D eigenvalue weighted by molar-refractivity contribution is 0.537. The summed E-state index contributed by atoms with van der Waals surface area (Å²) in [6.07, 6.45) is 10.8. The fourth-order valence-corrected chi connectivity index (χ4v) is 5.39. The third-order valence-corrected chi connectivity index (χ3v) is 8.74. The summed E-state index contributed by atoms with van der Waals surface area (Å²) in [7, 11) is -6.26. The summed E-state index contributed by atoms with van der Waals surface area (Å²) in [5.74, 6) is 0. The maximum atomic E-state index is 11.5. The van der Waals surface area contributed by atoms with Gasteiger partial charge in [-0.2, -0.15) is 0 Å². The van der Waals surface area contributed by atoms with Crippen LogP contribution < -0.4 is 21.3 Å². The minimum atomic E-state index is -3.13. The van der Waals surface area contributed by atoms with Crippen LogP contribution in [0, 0.1) is 0 Å². The molecule has 0 aromatic heterocycles. The number of nitrogens with one attached hydrogen (secondary N) is 4. The lowest BCUT2D eigenvalue weighted by Crippen LogP contribution is -2.22. The molecule has 2 aromatic rings. The maximum Gasteiger partial charge on any atom is 0.175 e. The van der Waals surface area contributed by atoms with Crippen molar-refractivity contribution in [3.8, 4) is 0 Å². The fraction of sp³-hybridized carbons (Fsp3) is 0.586. The van der Waals surface area contributed by atoms with E-state index in [9.17, 15) is 16.8 Å². The first-order chi connectivity index (χ1) is 18.7. The molecular formula is C29H48N4O4S2. The normalized spacial score (nSPS) is 12.2. The molecule has 0 saturated carbocycles. The summed E-state index contributed by atoms with van der Waals surface area (Å²) in [5.41, 5.74) is 2.19. The van der Waals surface area contributed by atoms with Crippen LogP contribution in [0.3, 0.4) is 0 Å². The van der Waals surface area contributed by atoms with Gasteiger partial charge in [0.05, 0.1) is 9.79 Å². The Bertz CT molecular complexity index is 1050. The highest BCUT2D eigenvalue weighted by molar-refractivity contribution is 7.91. The van der Waals surface area contributed by atoms with Crippen LogP contribution in [-0.4, -0.2) is 68.6 Å². The van der Waals surface area contributed by atoms with E-state index in [-0.39, 0.29) is 0 Å². The van der Waals surface area contributed by atoms with E-state index in [2.05, 4.69) is 21.3 Å². The van der Waals surface area contributed by atoms with Crippen molar-refractivity contribution in [2.24, 2.45) is 0 Å². The van der Waals surface area contributed by atoms with E-state index < -0.39 is 19.7 Å². The molecule has 0 saturated heterocycles. The Morgan fingerprint density at radius 2 is 0.744 bits per heavy atom. The first kappa shape index (κ1) is 33.4. The van der Waals surface area contributed by atoms with Gasteiger partial charge in [-0.05, 0) is 100 Å². The van der Waals surface area contributed by atoms with Crippen LogP contribution in [0.4, 0.5) is 0 Å². The van der Waals surface area contributed by atoms with Crippen molar-refractivity contribution < 1.29 is 16.8 Å². The van der Waals surface area contributed by atoms with Crippen LogP contribution in [-0.2, 0) is 32.8 Å². The highest BCUT2D eigenvalue weighted by Gasteiger charge is 2.06. The standard InChI is InChI=1S/C29H48N4O4S2/c1-38(34,35)28-14-10-26(11-15-28)24-32-22-8-20-30-18-6-4-3-5-7-19-31-21-9-23-33-25-27-12-16-29(17-13-27)39(2,36)37/h10-17,30-33H,3-9,18-25H2,1-2H3. The molecule has 2 aromatic carbocycles. The molecule has 0 atom stereocenters. The first-order valence-corrected chi connectivity index (χ1v) is 17.9. The number of sulfone groups is 2. The van der Waals surface area contributed by atoms with Crippen molar-refractivity contribution >= 4 is 19.7 Å².